The maximum absolute atomic E-state index is 10.2. The van der Waals surface area contributed by atoms with Crippen molar-refractivity contribution in [1.82, 2.24) is 0 Å². The quantitative estimate of drug-likeness (QED) is 0.310. The minimum absolute atomic E-state index is 0.330. The summed E-state index contributed by atoms with van der Waals surface area (Å²) >= 11 is 0. The Morgan fingerprint density at radius 3 is 2.57 bits per heavy atom. The Balaban J connectivity index is 2.77. The predicted molar refractivity (Wildman–Crippen MR) is 53.5 cm³/mol. The van der Waals surface area contributed by atoms with E-state index in [1.54, 1.807) is 6.92 Å². The van der Waals surface area contributed by atoms with Gasteiger partial charge in [0.05, 0.1) is 6.54 Å². The van der Waals surface area contributed by atoms with Gasteiger partial charge in [-0.3, -0.25) is 0 Å². The number of azide groups is 1. The zero-order chi connectivity index (χ0) is 10.4. The van der Waals surface area contributed by atoms with Crippen LogP contribution in [-0.2, 0) is 6.54 Å². The van der Waals surface area contributed by atoms with Gasteiger partial charge in [-0.05, 0) is 23.6 Å². The van der Waals surface area contributed by atoms with Gasteiger partial charge < -0.3 is 0 Å². The van der Waals surface area contributed by atoms with Gasteiger partial charge in [0.1, 0.15) is 6.04 Å². The number of rotatable bonds is 4. The van der Waals surface area contributed by atoms with Crippen molar-refractivity contribution in [3.63, 3.8) is 0 Å². The summed E-state index contributed by atoms with van der Waals surface area (Å²) in [5.74, 6) is 0. The Morgan fingerprint density at radius 2 is 2.07 bits per heavy atom. The molecule has 5 nitrogen and oxygen atoms in total. The molecule has 0 spiro atoms. The molecule has 1 atom stereocenters. The van der Waals surface area contributed by atoms with E-state index in [2.05, 4.69) is 15.2 Å². The van der Waals surface area contributed by atoms with E-state index in [1.165, 1.54) is 0 Å². The van der Waals surface area contributed by atoms with Crippen molar-refractivity contribution in [3.05, 3.63) is 50.7 Å². The first-order chi connectivity index (χ1) is 6.77. The molecule has 1 unspecified atom stereocenters. The Labute approximate surface area is 81.4 Å². The van der Waals surface area contributed by atoms with E-state index in [0.717, 1.165) is 11.1 Å². The molecule has 0 aliphatic rings. The van der Waals surface area contributed by atoms with Crippen LogP contribution in [0.15, 0.2) is 34.6 Å². The number of nitrogens with zero attached hydrogens (tertiary/aromatic N) is 4. The highest BCUT2D eigenvalue weighted by Crippen LogP contribution is 2.16. The Hall–Kier alpha value is -1.87. The zero-order valence-electron chi connectivity index (χ0n) is 7.79. The standard InChI is InChI=1S/C9H10N4O/c1-7(12-14)9-4-2-8(3-5-9)6-11-13-10/h2-5,7H,6H2,1H3. The van der Waals surface area contributed by atoms with E-state index >= 15 is 0 Å². The van der Waals surface area contributed by atoms with Crippen molar-refractivity contribution in [2.45, 2.75) is 19.5 Å². The lowest BCUT2D eigenvalue weighted by Gasteiger charge is -2.03. The number of hydrogen-bond acceptors (Lipinski definition) is 3. The SMILES string of the molecule is CC(N=O)c1ccc(CN=[N+]=[N-])cc1. The van der Waals surface area contributed by atoms with Crippen molar-refractivity contribution in [2.24, 2.45) is 10.3 Å². The molecule has 0 N–H and O–H groups in total. The van der Waals surface area contributed by atoms with Crippen LogP contribution in [0.4, 0.5) is 0 Å². The highest BCUT2D eigenvalue weighted by atomic mass is 16.3. The minimum Gasteiger partial charge on any atom is -0.150 e. The van der Waals surface area contributed by atoms with E-state index in [4.69, 9.17) is 5.53 Å². The average molecular weight is 190 g/mol. The average Bonchev–Trinajstić information content (AvgIpc) is 2.26. The van der Waals surface area contributed by atoms with E-state index in [1.807, 2.05) is 24.3 Å². The van der Waals surface area contributed by atoms with Gasteiger partial charge in [-0.15, -0.1) is 0 Å². The van der Waals surface area contributed by atoms with Crippen LogP contribution < -0.4 is 0 Å². The van der Waals surface area contributed by atoms with Crippen molar-refractivity contribution in [3.8, 4) is 0 Å². The molecular weight excluding hydrogens is 180 g/mol. The normalized spacial score (nSPS) is 11.5. The molecule has 72 valence electrons. The maximum atomic E-state index is 10.2. The van der Waals surface area contributed by atoms with Gasteiger partial charge in [0, 0.05) is 4.91 Å². The fourth-order valence-electron chi connectivity index (χ4n) is 1.08. The molecule has 0 aliphatic carbocycles. The molecule has 0 fully saturated rings. The van der Waals surface area contributed by atoms with Gasteiger partial charge in [0.2, 0.25) is 0 Å². The molecule has 0 heterocycles. The topological polar surface area (TPSA) is 78.2 Å². The predicted octanol–water partition coefficient (Wildman–Crippen LogP) is 3.32. The lowest BCUT2D eigenvalue weighted by atomic mass is 10.1. The molecule has 14 heavy (non-hydrogen) atoms. The van der Waals surface area contributed by atoms with Gasteiger partial charge in [-0.1, -0.05) is 34.6 Å². The second-order valence-electron chi connectivity index (χ2n) is 2.91. The van der Waals surface area contributed by atoms with Crippen molar-refractivity contribution < 1.29 is 0 Å². The van der Waals surface area contributed by atoms with E-state index < -0.39 is 0 Å². The van der Waals surface area contributed by atoms with Crippen molar-refractivity contribution >= 4 is 0 Å². The largest absolute Gasteiger partial charge is 0.150 e. The third-order valence-electron chi connectivity index (χ3n) is 1.94. The van der Waals surface area contributed by atoms with E-state index in [0.29, 0.717) is 6.54 Å². The number of nitroso groups, excluding NO2 is 1. The van der Waals surface area contributed by atoms with Gasteiger partial charge in [-0.2, -0.15) is 4.91 Å². The summed E-state index contributed by atoms with van der Waals surface area (Å²) in [6.45, 7) is 2.06. The maximum Gasteiger partial charge on any atom is 0.114 e. The fraction of sp³-hybridized carbons (Fsp3) is 0.333. The first-order valence-corrected chi connectivity index (χ1v) is 4.20. The molecule has 0 radical (unpaired) electrons. The Kier molecular flexibility index (Phi) is 3.64. The third kappa shape index (κ3) is 2.57. The smallest absolute Gasteiger partial charge is 0.114 e. The van der Waals surface area contributed by atoms with Crippen molar-refractivity contribution in [1.29, 1.82) is 0 Å². The molecule has 0 amide bonds. The molecular formula is C9H10N4O. The lowest BCUT2D eigenvalue weighted by molar-refractivity contribution is 0.810. The van der Waals surface area contributed by atoms with Crippen LogP contribution in [0.2, 0.25) is 0 Å². The highest BCUT2D eigenvalue weighted by Gasteiger charge is 2.03. The summed E-state index contributed by atoms with van der Waals surface area (Å²) in [7, 11) is 0. The van der Waals surface area contributed by atoms with Crippen LogP contribution in [0.1, 0.15) is 24.1 Å². The van der Waals surface area contributed by atoms with Crippen LogP contribution in [0.25, 0.3) is 10.4 Å². The molecule has 1 aromatic carbocycles. The van der Waals surface area contributed by atoms with Gasteiger partial charge in [0.15, 0.2) is 0 Å². The third-order valence-corrected chi connectivity index (χ3v) is 1.94. The zero-order valence-corrected chi connectivity index (χ0v) is 7.79. The molecule has 0 bridgehead atoms. The summed E-state index contributed by atoms with van der Waals surface area (Å²) in [4.78, 5) is 12.9. The molecule has 0 aliphatic heterocycles. The molecule has 1 aromatic rings. The van der Waals surface area contributed by atoms with Crippen LogP contribution in [-0.4, -0.2) is 0 Å². The summed E-state index contributed by atoms with van der Waals surface area (Å²) in [5, 5.41) is 6.35. The molecule has 1 rings (SSSR count). The summed E-state index contributed by atoms with van der Waals surface area (Å²) < 4.78 is 0. The van der Waals surface area contributed by atoms with E-state index in [-0.39, 0.29) is 6.04 Å². The van der Waals surface area contributed by atoms with Crippen LogP contribution in [0, 0.1) is 4.91 Å². The second kappa shape index (κ2) is 4.99. The fourth-order valence-corrected chi connectivity index (χ4v) is 1.08. The van der Waals surface area contributed by atoms with Crippen molar-refractivity contribution in [2.75, 3.05) is 0 Å². The molecule has 0 saturated carbocycles. The van der Waals surface area contributed by atoms with Gasteiger partial charge in [0.25, 0.3) is 0 Å². The lowest BCUT2D eigenvalue weighted by Crippen LogP contribution is -1.89. The number of hydrogen-bond donors (Lipinski definition) is 0. The summed E-state index contributed by atoms with van der Waals surface area (Å²) in [6, 6.07) is 6.95. The molecule has 0 aromatic heterocycles. The van der Waals surface area contributed by atoms with E-state index in [9.17, 15) is 4.91 Å². The first-order valence-electron chi connectivity index (χ1n) is 4.20. The molecule has 5 heteroatoms. The number of benzene rings is 1. The Morgan fingerprint density at radius 1 is 1.43 bits per heavy atom. The van der Waals surface area contributed by atoms with Gasteiger partial charge >= 0.3 is 0 Å². The van der Waals surface area contributed by atoms with Crippen LogP contribution in [0.3, 0.4) is 0 Å². The summed E-state index contributed by atoms with van der Waals surface area (Å²) in [6.07, 6.45) is 0. The van der Waals surface area contributed by atoms with Gasteiger partial charge in [-0.25, -0.2) is 0 Å². The first kappa shape index (κ1) is 10.2. The van der Waals surface area contributed by atoms with Crippen LogP contribution in [0.5, 0.6) is 0 Å². The monoisotopic (exact) mass is 190 g/mol. The Bertz CT molecular complexity index is 354. The van der Waals surface area contributed by atoms with Crippen LogP contribution >= 0.6 is 0 Å². The highest BCUT2D eigenvalue weighted by molar-refractivity contribution is 5.24. The summed E-state index contributed by atoms with van der Waals surface area (Å²) in [5.41, 5.74) is 9.90. The minimum atomic E-state index is -0.330. The molecule has 0 saturated heterocycles. The second-order valence-corrected chi connectivity index (χ2v) is 2.91.